The van der Waals surface area contributed by atoms with Crippen LogP contribution in [0.4, 0.5) is 0 Å². The van der Waals surface area contributed by atoms with Crippen molar-refractivity contribution < 1.29 is 5.11 Å². The Labute approximate surface area is 74.6 Å². The van der Waals surface area contributed by atoms with Crippen molar-refractivity contribution in [1.82, 2.24) is 4.90 Å². The molecule has 2 atom stereocenters. The second-order valence-electron chi connectivity index (χ2n) is 4.93. The fourth-order valence-electron chi connectivity index (χ4n) is 2.96. The Balaban J connectivity index is 2.03. The first-order valence-corrected chi connectivity index (χ1v) is 4.95. The van der Waals surface area contributed by atoms with Gasteiger partial charge >= 0.3 is 0 Å². The molecule has 0 saturated heterocycles. The van der Waals surface area contributed by atoms with Gasteiger partial charge in [-0.25, -0.2) is 0 Å². The zero-order valence-electron chi connectivity index (χ0n) is 8.14. The molecule has 0 unspecified atom stereocenters. The molecular weight excluding hydrogens is 150 g/mol. The van der Waals surface area contributed by atoms with E-state index in [1.54, 1.807) is 0 Å². The molecule has 0 amide bonds. The SMILES string of the molecule is CN(C)C[C@]12CCCC[C@]1(O)C2. The minimum atomic E-state index is -0.268. The molecule has 0 heterocycles. The number of hydrogen-bond donors (Lipinski definition) is 1. The van der Waals surface area contributed by atoms with Gasteiger partial charge in [-0.15, -0.1) is 0 Å². The monoisotopic (exact) mass is 169 g/mol. The van der Waals surface area contributed by atoms with E-state index < -0.39 is 0 Å². The lowest BCUT2D eigenvalue weighted by Gasteiger charge is -2.29. The summed E-state index contributed by atoms with van der Waals surface area (Å²) in [5, 5.41) is 10.1. The van der Waals surface area contributed by atoms with Crippen LogP contribution in [0, 0.1) is 5.41 Å². The molecule has 1 N–H and O–H groups in total. The van der Waals surface area contributed by atoms with Crippen molar-refractivity contribution in [2.24, 2.45) is 5.41 Å². The molecule has 0 spiro atoms. The van der Waals surface area contributed by atoms with E-state index in [1.807, 2.05) is 0 Å². The second kappa shape index (κ2) is 2.46. The molecule has 0 aromatic rings. The quantitative estimate of drug-likeness (QED) is 0.672. The van der Waals surface area contributed by atoms with Crippen LogP contribution in [0.2, 0.25) is 0 Å². The lowest BCUT2D eigenvalue weighted by molar-refractivity contribution is 0.0509. The average Bonchev–Trinajstić information content (AvgIpc) is 2.53. The first-order valence-electron chi connectivity index (χ1n) is 4.95. The summed E-state index contributed by atoms with van der Waals surface area (Å²) in [7, 11) is 4.20. The molecule has 2 rings (SSSR count). The molecule has 0 aliphatic heterocycles. The molecule has 12 heavy (non-hydrogen) atoms. The fourth-order valence-corrected chi connectivity index (χ4v) is 2.96. The van der Waals surface area contributed by atoms with Crippen LogP contribution in [0.25, 0.3) is 0 Å². The highest BCUT2D eigenvalue weighted by Crippen LogP contribution is 2.64. The Hall–Kier alpha value is -0.0800. The molecular formula is C10H19NO. The lowest BCUT2D eigenvalue weighted by atomic mass is 9.86. The van der Waals surface area contributed by atoms with Gasteiger partial charge in [0.15, 0.2) is 0 Å². The topological polar surface area (TPSA) is 23.5 Å². The van der Waals surface area contributed by atoms with E-state index in [4.69, 9.17) is 0 Å². The van der Waals surface area contributed by atoms with Crippen molar-refractivity contribution in [2.45, 2.75) is 37.7 Å². The van der Waals surface area contributed by atoms with Gasteiger partial charge in [-0.05, 0) is 33.4 Å². The third-order valence-electron chi connectivity index (χ3n) is 3.61. The van der Waals surface area contributed by atoms with Crippen LogP contribution in [0.3, 0.4) is 0 Å². The summed E-state index contributed by atoms with van der Waals surface area (Å²) in [5.74, 6) is 0. The van der Waals surface area contributed by atoms with Crippen LogP contribution in [-0.4, -0.2) is 36.2 Å². The highest BCUT2D eigenvalue weighted by molar-refractivity contribution is 5.18. The van der Waals surface area contributed by atoms with Crippen molar-refractivity contribution in [3.8, 4) is 0 Å². The van der Waals surface area contributed by atoms with Crippen molar-refractivity contribution in [3.05, 3.63) is 0 Å². The van der Waals surface area contributed by atoms with E-state index in [0.717, 1.165) is 19.4 Å². The Morgan fingerprint density at radius 1 is 1.25 bits per heavy atom. The maximum atomic E-state index is 10.1. The summed E-state index contributed by atoms with van der Waals surface area (Å²) in [4.78, 5) is 2.21. The Morgan fingerprint density at radius 3 is 2.50 bits per heavy atom. The number of fused-ring (bicyclic) bond motifs is 1. The standard InChI is InChI=1S/C10H19NO/c1-11(2)8-9-5-3-4-6-10(9,12)7-9/h12H,3-8H2,1-2H3/t9-,10+/m1/s1. The van der Waals surface area contributed by atoms with Crippen LogP contribution in [-0.2, 0) is 0 Å². The number of aliphatic hydroxyl groups is 1. The number of nitrogens with zero attached hydrogens (tertiary/aromatic N) is 1. The van der Waals surface area contributed by atoms with Gasteiger partial charge in [0.25, 0.3) is 0 Å². The molecule has 2 aliphatic rings. The van der Waals surface area contributed by atoms with Gasteiger partial charge in [-0.2, -0.15) is 0 Å². The second-order valence-corrected chi connectivity index (χ2v) is 4.93. The van der Waals surface area contributed by atoms with E-state index in [9.17, 15) is 5.11 Å². The van der Waals surface area contributed by atoms with E-state index >= 15 is 0 Å². The maximum absolute atomic E-state index is 10.1. The molecule has 2 nitrogen and oxygen atoms in total. The van der Waals surface area contributed by atoms with Crippen LogP contribution in [0.1, 0.15) is 32.1 Å². The third kappa shape index (κ3) is 1.09. The number of rotatable bonds is 2. The van der Waals surface area contributed by atoms with Gasteiger partial charge in [0.1, 0.15) is 0 Å². The molecule has 2 saturated carbocycles. The van der Waals surface area contributed by atoms with Crippen LogP contribution < -0.4 is 0 Å². The van der Waals surface area contributed by atoms with E-state index in [0.29, 0.717) is 0 Å². The van der Waals surface area contributed by atoms with Gasteiger partial charge in [-0.3, -0.25) is 0 Å². The Bertz CT molecular complexity index is 188. The Morgan fingerprint density at radius 2 is 1.92 bits per heavy atom. The van der Waals surface area contributed by atoms with Gasteiger partial charge in [0, 0.05) is 12.0 Å². The van der Waals surface area contributed by atoms with E-state index in [1.165, 1.54) is 19.3 Å². The lowest BCUT2D eigenvalue weighted by Crippen LogP contribution is -2.33. The number of hydrogen-bond acceptors (Lipinski definition) is 2. The van der Waals surface area contributed by atoms with Crippen molar-refractivity contribution in [2.75, 3.05) is 20.6 Å². The zero-order chi connectivity index (χ0) is 8.82. The zero-order valence-corrected chi connectivity index (χ0v) is 8.14. The van der Waals surface area contributed by atoms with Gasteiger partial charge in [-0.1, -0.05) is 12.8 Å². The van der Waals surface area contributed by atoms with Crippen LogP contribution >= 0.6 is 0 Å². The minimum absolute atomic E-state index is 0.268. The largest absolute Gasteiger partial charge is 0.389 e. The summed E-state index contributed by atoms with van der Waals surface area (Å²) in [6.45, 7) is 1.07. The highest BCUT2D eigenvalue weighted by atomic mass is 16.3. The smallest absolute Gasteiger partial charge is 0.0723 e. The van der Waals surface area contributed by atoms with Gasteiger partial charge < -0.3 is 10.0 Å². The van der Waals surface area contributed by atoms with Crippen molar-refractivity contribution >= 4 is 0 Å². The summed E-state index contributed by atoms with van der Waals surface area (Å²) >= 11 is 0. The molecule has 2 fully saturated rings. The van der Waals surface area contributed by atoms with Crippen LogP contribution in [0.5, 0.6) is 0 Å². The summed E-state index contributed by atoms with van der Waals surface area (Å²) in [6, 6.07) is 0. The molecule has 0 radical (unpaired) electrons. The van der Waals surface area contributed by atoms with Crippen LogP contribution in [0.15, 0.2) is 0 Å². The van der Waals surface area contributed by atoms with Crippen molar-refractivity contribution in [3.63, 3.8) is 0 Å². The predicted molar refractivity (Wildman–Crippen MR) is 49.0 cm³/mol. The average molecular weight is 169 g/mol. The first kappa shape index (κ1) is 8.52. The van der Waals surface area contributed by atoms with Gasteiger partial charge in [0.2, 0.25) is 0 Å². The molecule has 0 aromatic carbocycles. The summed E-state index contributed by atoms with van der Waals surface area (Å²) < 4.78 is 0. The summed E-state index contributed by atoms with van der Waals surface area (Å²) in [6.07, 6.45) is 5.88. The third-order valence-corrected chi connectivity index (χ3v) is 3.61. The maximum Gasteiger partial charge on any atom is 0.0723 e. The van der Waals surface area contributed by atoms with E-state index in [-0.39, 0.29) is 11.0 Å². The Kier molecular flexibility index (Phi) is 1.74. The van der Waals surface area contributed by atoms with E-state index in [2.05, 4.69) is 19.0 Å². The summed E-state index contributed by atoms with van der Waals surface area (Å²) in [5.41, 5.74) is 0.0181. The fraction of sp³-hybridized carbons (Fsp3) is 1.00. The molecule has 70 valence electrons. The minimum Gasteiger partial charge on any atom is -0.389 e. The highest BCUT2D eigenvalue weighted by Gasteiger charge is 2.66. The molecule has 2 heteroatoms. The molecule has 2 aliphatic carbocycles. The predicted octanol–water partition coefficient (Wildman–Crippen LogP) is 1.24. The van der Waals surface area contributed by atoms with Crippen molar-refractivity contribution in [1.29, 1.82) is 0 Å². The molecule has 0 bridgehead atoms. The van der Waals surface area contributed by atoms with Gasteiger partial charge in [0.05, 0.1) is 5.60 Å². The molecule has 0 aromatic heterocycles. The normalized spacial score (nSPS) is 46.0. The first-order chi connectivity index (χ1) is 5.58.